The van der Waals surface area contributed by atoms with Crippen molar-refractivity contribution in [3.8, 4) is 11.5 Å². The normalized spacial score (nSPS) is 11.8. The number of aliphatic imine (C=N–C) groups is 1. The summed E-state index contributed by atoms with van der Waals surface area (Å²) in [5.74, 6) is 1.26. The lowest BCUT2D eigenvalue weighted by Gasteiger charge is -2.19. The predicted octanol–water partition coefficient (Wildman–Crippen LogP) is 5.23. The number of hydrogen-bond donors (Lipinski definition) is 2. The van der Waals surface area contributed by atoms with Gasteiger partial charge in [0.15, 0.2) is 11.5 Å². The second-order valence-corrected chi connectivity index (χ2v) is 9.61. The molecule has 2 aromatic carbocycles. The van der Waals surface area contributed by atoms with Crippen molar-refractivity contribution in [2.75, 3.05) is 19.5 Å². The predicted molar refractivity (Wildman–Crippen MR) is 144 cm³/mol. The number of nitrogens with one attached hydrogen (secondary N) is 2. The van der Waals surface area contributed by atoms with Gasteiger partial charge in [0.25, 0.3) is 5.91 Å². The van der Waals surface area contributed by atoms with Crippen LogP contribution in [0, 0.1) is 13.8 Å². The van der Waals surface area contributed by atoms with Crippen molar-refractivity contribution < 1.29 is 14.3 Å². The largest absolute Gasteiger partial charge is 0.493 e. The number of benzene rings is 2. The topological polar surface area (TPSA) is 89.8 Å². The van der Waals surface area contributed by atoms with Crippen LogP contribution < -0.4 is 20.1 Å². The molecule has 0 fully saturated rings. The third kappa shape index (κ3) is 6.24. The quantitative estimate of drug-likeness (QED) is 0.349. The van der Waals surface area contributed by atoms with Gasteiger partial charge in [-0.15, -0.1) is 0 Å². The van der Waals surface area contributed by atoms with Gasteiger partial charge in [0, 0.05) is 35.1 Å². The maximum Gasteiger partial charge on any atom is 0.257 e. The molecule has 0 unspecified atom stereocenters. The summed E-state index contributed by atoms with van der Waals surface area (Å²) in [5, 5.41) is 10.7. The zero-order valence-electron chi connectivity index (χ0n) is 22.5. The summed E-state index contributed by atoms with van der Waals surface area (Å²) >= 11 is 0. The van der Waals surface area contributed by atoms with E-state index in [1.165, 1.54) is 0 Å². The number of carbonyl (C=O) groups excluding carboxylic acids is 1. The Morgan fingerprint density at radius 2 is 1.69 bits per heavy atom. The first-order valence-electron chi connectivity index (χ1n) is 12.1. The highest BCUT2D eigenvalue weighted by molar-refractivity contribution is 6.10. The second-order valence-electron chi connectivity index (χ2n) is 9.61. The molecule has 0 saturated heterocycles. The van der Waals surface area contributed by atoms with E-state index in [1.807, 2.05) is 48.9 Å². The van der Waals surface area contributed by atoms with Crippen LogP contribution in [0.25, 0.3) is 0 Å². The number of hydrogen-bond acceptors (Lipinski definition) is 5. The van der Waals surface area contributed by atoms with Crippen molar-refractivity contribution in [2.24, 2.45) is 4.99 Å². The summed E-state index contributed by atoms with van der Waals surface area (Å²) in [6.45, 7) is 13.7. The third-order valence-corrected chi connectivity index (χ3v) is 6.12. The zero-order chi connectivity index (χ0) is 26.5. The Balaban J connectivity index is 1.90. The molecule has 36 heavy (non-hydrogen) atoms. The molecule has 0 radical (unpaired) electrons. The Morgan fingerprint density at radius 1 is 1.03 bits per heavy atom. The number of aromatic nitrogens is 2. The molecule has 8 heteroatoms. The van der Waals surface area contributed by atoms with E-state index in [2.05, 4.69) is 43.4 Å². The first kappa shape index (κ1) is 26.8. The van der Waals surface area contributed by atoms with Gasteiger partial charge in [-0.25, -0.2) is 4.99 Å². The molecular formula is C28H37N5O3. The molecule has 1 amide bonds. The molecule has 192 valence electrons. The van der Waals surface area contributed by atoms with Crippen molar-refractivity contribution in [1.82, 2.24) is 15.1 Å². The molecule has 0 aliphatic rings. The van der Waals surface area contributed by atoms with Gasteiger partial charge in [-0.05, 0) is 56.0 Å². The molecule has 1 heterocycles. The molecule has 3 aromatic rings. The number of nitrogens with zero attached hydrogens (tertiary/aromatic N) is 3. The monoisotopic (exact) mass is 491 g/mol. The number of rotatable bonds is 7. The van der Waals surface area contributed by atoms with E-state index in [4.69, 9.17) is 14.5 Å². The Bertz CT molecular complexity index is 1240. The third-order valence-electron chi connectivity index (χ3n) is 6.12. The lowest BCUT2D eigenvalue weighted by Crippen LogP contribution is -2.36. The number of amides is 1. The van der Waals surface area contributed by atoms with Crippen molar-refractivity contribution >= 4 is 17.6 Å². The van der Waals surface area contributed by atoms with E-state index in [1.54, 1.807) is 26.4 Å². The van der Waals surface area contributed by atoms with Gasteiger partial charge in [0.2, 0.25) is 5.96 Å². The number of methoxy groups -OCH3 is 2. The van der Waals surface area contributed by atoms with Crippen LogP contribution in [-0.2, 0) is 18.5 Å². The highest BCUT2D eigenvalue weighted by atomic mass is 16.5. The molecule has 2 N–H and O–H groups in total. The maximum absolute atomic E-state index is 13.1. The fourth-order valence-corrected chi connectivity index (χ4v) is 3.89. The Hall–Kier alpha value is -3.81. The number of guanidine groups is 1. The van der Waals surface area contributed by atoms with E-state index in [9.17, 15) is 4.79 Å². The molecule has 1 aromatic heterocycles. The molecule has 0 aliphatic carbocycles. The molecule has 0 bridgehead atoms. The summed E-state index contributed by atoms with van der Waals surface area (Å²) in [5.41, 5.74) is 5.45. The van der Waals surface area contributed by atoms with Gasteiger partial charge < -0.3 is 14.8 Å². The molecule has 0 saturated carbocycles. The van der Waals surface area contributed by atoms with Crippen LogP contribution in [0.3, 0.4) is 0 Å². The molecule has 3 rings (SSSR count). The highest BCUT2D eigenvalue weighted by Crippen LogP contribution is 2.29. The average molecular weight is 492 g/mol. The smallest absolute Gasteiger partial charge is 0.257 e. The van der Waals surface area contributed by atoms with Gasteiger partial charge in [-0.2, -0.15) is 5.10 Å². The van der Waals surface area contributed by atoms with Gasteiger partial charge in [-0.3, -0.25) is 14.8 Å². The Morgan fingerprint density at radius 3 is 2.25 bits per heavy atom. The first-order chi connectivity index (χ1) is 17.1. The van der Waals surface area contributed by atoms with E-state index < -0.39 is 0 Å². The van der Waals surface area contributed by atoms with Crippen LogP contribution in [0.15, 0.2) is 47.5 Å². The van der Waals surface area contributed by atoms with E-state index in [0.29, 0.717) is 35.3 Å². The van der Waals surface area contributed by atoms with Crippen LogP contribution in [0.2, 0.25) is 0 Å². The minimum atomic E-state index is -0.250. The number of anilines is 1. The van der Waals surface area contributed by atoms with Crippen molar-refractivity contribution in [3.63, 3.8) is 0 Å². The van der Waals surface area contributed by atoms with Crippen LogP contribution in [-0.4, -0.2) is 35.9 Å². The van der Waals surface area contributed by atoms with Crippen LogP contribution in [0.1, 0.15) is 60.6 Å². The van der Waals surface area contributed by atoms with E-state index in [0.717, 1.165) is 29.1 Å². The second kappa shape index (κ2) is 11.3. The molecule has 0 aliphatic heterocycles. The molecule has 8 nitrogen and oxygen atoms in total. The van der Waals surface area contributed by atoms with Crippen LogP contribution >= 0.6 is 0 Å². The highest BCUT2D eigenvalue weighted by Gasteiger charge is 2.16. The van der Waals surface area contributed by atoms with Gasteiger partial charge >= 0.3 is 0 Å². The summed E-state index contributed by atoms with van der Waals surface area (Å²) in [6, 6.07) is 13.1. The fraction of sp³-hybridized carbons (Fsp3) is 0.393. The summed E-state index contributed by atoms with van der Waals surface area (Å²) < 4.78 is 12.7. The van der Waals surface area contributed by atoms with E-state index in [-0.39, 0.29) is 11.3 Å². The zero-order valence-corrected chi connectivity index (χ0v) is 22.5. The molecular weight excluding hydrogens is 454 g/mol. The molecule has 0 atom stereocenters. The fourth-order valence-electron chi connectivity index (χ4n) is 3.89. The van der Waals surface area contributed by atoms with Crippen LogP contribution in [0.5, 0.6) is 11.5 Å². The Kier molecular flexibility index (Phi) is 8.40. The van der Waals surface area contributed by atoms with Gasteiger partial charge in [0.05, 0.1) is 26.5 Å². The SMILES string of the molecule is CCn1nc(C)c(CN=C(NC(=O)c2ccc(C(C)(C)C)cc2)Nc2ccc(OC)c(OC)c2)c1C. The minimum absolute atomic E-state index is 0.00918. The number of aryl methyl sites for hydroxylation is 2. The van der Waals surface area contributed by atoms with Gasteiger partial charge in [0.1, 0.15) is 0 Å². The maximum atomic E-state index is 13.1. The van der Waals surface area contributed by atoms with Gasteiger partial charge in [-0.1, -0.05) is 32.9 Å². The molecule has 0 spiro atoms. The van der Waals surface area contributed by atoms with Crippen molar-refractivity contribution in [1.29, 1.82) is 0 Å². The lowest BCUT2D eigenvalue weighted by molar-refractivity contribution is 0.0977. The summed E-state index contributed by atoms with van der Waals surface area (Å²) in [6.07, 6.45) is 0. The number of ether oxygens (including phenoxy) is 2. The number of carbonyl (C=O) groups is 1. The summed E-state index contributed by atoms with van der Waals surface area (Å²) in [4.78, 5) is 17.9. The average Bonchev–Trinajstić information content (AvgIpc) is 3.14. The first-order valence-corrected chi connectivity index (χ1v) is 12.1. The van der Waals surface area contributed by atoms with Crippen molar-refractivity contribution in [2.45, 2.75) is 60.0 Å². The lowest BCUT2D eigenvalue weighted by atomic mass is 9.87. The minimum Gasteiger partial charge on any atom is -0.493 e. The van der Waals surface area contributed by atoms with Crippen molar-refractivity contribution in [3.05, 3.63) is 70.5 Å². The Labute approximate surface area is 213 Å². The summed E-state index contributed by atoms with van der Waals surface area (Å²) in [7, 11) is 3.17. The van der Waals surface area contributed by atoms with Crippen LogP contribution in [0.4, 0.5) is 5.69 Å². The standard InChI is InChI=1S/C28H37N5O3/c1-9-33-19(3)23(18(2)32-33)17-29-27(30-22-14-15-24(35-7)25(16-22)36-8)31-26(34)20-10-12-21(13-11-20)28(4,5)6/h10-16H,9,17H2,1-8H3,(H2,29,30,31,34). The van der Waals surface area contributed by atoms with E-state index >= 15 is 0 Å².